The maximum absolute atomic E-state index is 5.53. The Bertz CT molecular complexity index is 751. The lowest BCUT2D eigenvalue weighted by Gasteiger charge is -2.16. The third kappa shape index (κ3) is 3.58. The fraction of sp³-hybridized carbons (Fsp3) is 0.400. The van der Waals surface area contributed by atoms with Crippen LogP contribution in [0.15, 0.2) is 24.8 Å². The van der Waals surface area contributed by atoms with E-state index in [0.29, 0.717) is 11.8 Å². The number of aryl methyl sites for hydroxylation is 1. The van der Waals surface area contributed by atoms with Crippen molar-refractivity contribution in [2.75, 3.05) is 19.0 Å². The number of anilines is 1. The molecule has 2 rings (SSSR count). The van der Waals surface area contributed by atoms with Gasteiger partial charge in [-0.3, -0.25) is 0 Å². The SMILES string of the molecule is C=C(C)c1nc(-c2ccc(C(C)C)nc2OC)c(C)cc1NCC. The number of ether oxygens (including phenoxy) is 1. The van der Waals surface area contributed by atoms with Crippen molar-refractivity contribution in [1.82, 2.24) is 9.97 Å². The lowest BCUT2D eigenvalue weighted by atomic mass is 10.0. The van der Waals surface area contributed by atoms with Gasteiger partial charge in [-0.25, -0.2) is 9.97 Å². The smallest absolute Gasteiger partial charge is 0.222 e. The van der Waals surface area contributed by atoms with Crippen LogP contribution in [0.2, 0.25) is 0 Å². The molecule has 0 atom stereocenters. The fourth-order valence-corrected chi connectivity index (χ4v) is 2.65. The van der Waals surface area contributed by atoms with E-state index >= 15 is 0 Å². The molecule has 0 aliphatic carbocycles. The van der Waals surface area contributed by atoms with Gasteiger partial charge in [-0.2, -0.15) is 0 Å². The van der Waals surface area contributed by atoms with Crippen LogP contribution in [-0.2, 0) is 0 Å². The predicted molar refractivity (Wildman–Crippen MR) is 102 cm³/mol. The first-order valence-electron chi connectivity index (χ1n) is 8.35. The minimum absolute atomic E-state index is 0.351. The fourth-order valence-electron chi connectivity index (χ4n) is 2.65. The van der Waals surface area contributed by atoms with E-state index in [2.05, 4.69) is 50.6 Å². The minimum Gasteiger partial charge on any atom is -0.480 e. The van der Waals surface area contributed by atoms with Crippen LogP contribution in [0.3, 0.4) is 0 Å². The average molecular weight is 325 g/mol. The van der Waals surface area contributed by atoms with E-state index in [1.165, 1.54) is 0 Å². The van der Waals surface area contributed by atoms with Gasteiger partial charge in [0.15, 0.2) is 0 Å². The van der Waals surface area contributed by atoms with Gasteiger partial charge in [-0.05, 0) is 56.0 Å². The molecule has 0 aliphatic rings. The first kappa shape index (κ1) is 18.0. The zero-order valence-corrected chi connectivity index (χ0v) is 15.5. The molecule has 0 saturated carbocycles. The molecule has 0 fully saturated rings. The Balaban J connectivity index is 2.64. The monoisotopic (exact) mass is 325 g/mol. The summed E-state index contributed by atoms with van der Waals surface area (Å²) in [5.41, 5.74) is 6.70. The minimum atomic E-state index is 0.351. The van der Waals surface area contributed by atoms with Crippen LogP contribution in [0.5, 0.6) is 5.88 Å². The molecule has 0 radical (unpaired) electrons. The topological polar surface area (TPSA) is 47.0 Å². The van der Waals surface area contributed by atoms with Gasteiger partial charge in [0.1, 0.15) is 0 Å². The summed E-state index contributed by atoms with van der Waals surface area (Å²) in [6.45, 7) is 15.2. The predicted octanol–water partition coefficient (Wildman–Crippen LogP) is 5.05. The van der Waals surface area contributed by atoms with Crippen molar-refractivity contribution in [1.29, 1.82) is 0 Å². The molecule has 0 amide bonds. The summed E-state index contributed by atoms with van der Waals surface area (Å²) >= 11 is 0. The second-order valence-electron chi connectivity index (χ2n) is 6.31. The van der Waals surface area contributed by atoms with Gasteiger partial charge < -0.3 is 10.1 Å². The van der Waals surface area contributed by atoms with E-state index in [9.17, 15) is 0 Å². The molecule has 2 aromatic heterocycles. The second kappa shape index (κ2) is 7.47. The van der Waals surface area contributed by atoms with Crippen LogP contribution < -0.4 is 10.1 Å². The van der Waals surface area contributed by atoms with Crippen LogP contribution in [0.4, 0.5) is 5.69 Å². The number of rotatable bonds is 6. The highest BCUT2D eigenvalue weighted by atomic mass is 16.5. The molecule has 0 saturated heterocycles. The molecule has 2 aromatic rings. The van der Waals surface area contributed by atoms with Gasteiger partial charge in [0.2, 0.25) is 5.88 Å². The lowest BCUT2D eigenvalue weighted by Crippen LogP contribution is -2.05. The van der Waals surface area contributed by atoms with E-state index in [0.717, 1.165) is 46.0 Å². The van der Waals surface area contributed by atoms with Gasteiger partial charge in [0.05, 0.1) is 29.7 Å². The Morgan fingerprint density at radius 3 is 2.54 bits per heavy atom. The summed E-state index contributed by atoms with van der Waals surface area (Å²) in [6.07, 6.45) is 0. The number of methoxy groups -OCH3 is 1. The maximum Gasteiger partial charge on any atom is 0.222 e. The number of aromatic nitrogens is 2. The zero-order chi connectivity index (χ0) is 17.9. The number of nitrogens with zero attached hydrogens (tertiary/aromatic N) is 2. The second-order valence-corrected chi connectivity index (χ2v) is 6.31. The molecule has 4 heteroatoms. The standard InChI is InChI=1S/C20H27N3O/c1-8-21-17-11-14(6)19(23-18(17)13(4)5)15-9-10-16(12(2)3)22-20(15)24-7/h9-12,21H,4,8H2,1-3,5-7H3. The third-order valence-corrected chi connectivity index (χ3v) is 3.91. The molecule has 0 spiro atoms. The summed E-state index contributed by atoms with van der Waals surface area (Å²) in [6, 6.07) is 6.21. The number of allylic oxidation sites excluding steroid dienone is 1. The maximum atomic E-state index is 5.53. The van der Waals surface area contributed by atoms with Gasteiger partial charge in [-0.15, -0.1) is 0 Å². The van der Waals surface area contributed by atoms with Crippen molar-refractivity contribution in [3.05, 3.63) is 41.7 Å². The summed E-state index contributed by atoms with van der Waals surface area (Å²) < 4.78 is 5.53. The summed E-state index contributed by atoms with van der Waals surface area (Å²) in [7, 11) is 1.65. The Hall–Kier alpha value is -2.36. The molecule has 0 bridgehead atoms. The molecule has 0 unspecified atom stereocenters. The number of pyridine rings is 2. The van der Waals surface area contributed by atoms with Crippen molar-refractivity contribution in [2.24, 2.45) is 0 Å². The highest BCUT2D eigenvalue weighted by Crippen LogP contribution is 2.34. The lowest BCUT2D eigenvalue weighted by molar-refractivity contribution is 0.397. The van der Waals surface area contributed by atoms with E-state index in [4.69, 9.17) is 9.72 Å². The summed E-state index contributed by atoms with van der Waals surface area (Å²) in [4.78, 5) is 9.50. The Labute approximate surface area is 145 Å². The number of hydrogen-bond donors (Lipinski definition) is 1. The highest BCUT2D eigenvalue weighted by Gasteiger charge is 2.16. The van der Waals surface area contributed by atoms with Gasteiger partial charge in [0.25, 0.3) is 0 Å². The summed E-state index contributed by atoms with van der Waals surface area (Å²) in [5.74, 6) is 0.963. The Kier molecular flexibility index (Phi) is 5.60. The molecule has 128 valence electrons. The summed E-state index contributed by atoms with van der Waals surface area (Å²) in [5, 5.41) is 3.36. The molecule has 0 aromatic carbocycles. The van der Waals surface area contributed by atoms with Gasteiger partial charge >= 0.3 is 0 Å². The van der Waals surface area contributed by atoms with Crippen molar-refractivity contribution in [2.45, 2.75) is 40.5 Å². The third-order valence-electron chi connectivity index (χ3n) is 3.91. The van der Waals surface area contributed by atoms with Crippen molar-refractivity contribution < 1.29 is 4.74 Å². The number of hydrogen-bond acceptors (Lipinski definition) is 4. The van der Waals surface area contributed by atoms with E-state index in [1.807, 2.05) is 19.1 Å². The first-order valence-corrected chi connectivity index (χ1v) is 8.35. The van der Waals surface area contributed by atoms with Crippen molar-refractivity contribution in [3.63, 3.8) is 0 Å². The zero-order valence-electron chi connectivity index (χ0n) is 15.5. The van der Waals surface area contributed by atoms with Gasteiger partial charge in [-0.1, -0.05) is 20.4 Å². The largest absolute Gasteiger partial charge is 0.480 e. The van der Waals surface area contributed by atoms with E-state index in [1.54, 1.807) is 7.11 Å². The van der Waals surface area contributed by atoms with Crippen LogP contribution in [-0.4, -0.2) is 23.6 Å². The molecule has 1 N–H and O–H groups in total. The highest BCUT2D eigenvalue weighted by molar-refractivity contribution is 5.77. The molecule has 0 aliphatic heterocycles. The Morgan fingerprint density at radius 2 is 2.00 bits per heavy atom. The normalized spacial score (nSPS) is 10.8. The Morgan fingerprint density at radius 1 is 1.29 bits per heavy atom. The van der Waals surface area contributed by atoms with Crippen LogP contribution >= 0.6 is 0 Å². The molecule has 4 nitrogen and oxygen atoms in total. The average Bonchev–Trinajstić information content (AvgIpc) is 2.54. The molecular formula is C20H27N3O. The van der Waals surface area contributed by atoms with Gasteiger partial charge in [0, 0.05) is 12.2 Å². The number of nitrogens with one attached hydrogen (secondary N) is 1. The van der Waals surface area contributed by atoms with E-state index < -0.39 is 0 Å². The molecule has 24 heavy (non-hydrogen) atoms. The quantitative estimate of drug-likeness (QED) is 0.807. The van der Waals surface area contributed by atoms with Crippen LogP contribution in [0.25, 0.3) is 16.8 Å². The molecular weight excluding hydrogens is 298 g/mol. The van der Waals surface area contributed by atoms with Crippen LogP contribution in [0, 0.1) is 6.92 Å². The first-order chi connectivity index (χ1) is 11.4. The van der Waals surface area contributed by atoms with Crippen molar-refractivity contribution in [3.8, 4) is 17.1 Å². The van der Waals surface area contributed by atoms with E-state index in [-0.39, 0.29) is 0 Å². The van der Waals surface area contributed by atoms with Crippen molar-refractivity contribution >= 4 is 11.3 Å². The van der Waals surface area contributed by atoms with Crippen LogP contribution in [0.1, 0.15) is 50.6 Å². The molecule has 2 heterocycles.